The predicted octanol–water partition coefficient (Wildman–Crippen LogP) is 6.04. The SMILES string of the molecule is CCCC[C@H](O)CN(Cc1c(C)nn(-c2ccccc2)c1Oc1cccc(C)c1)CC1CC1. The molecule has 0 amide bonds. The van der Waals surface area contributed by atoms with Crippen LogP contribution in [0.4, 0.5) is 0 Å². The fraction of sp³-hybridized carbons (Fsp3) is 0.464. The largest absolute Gasteiger partial charge is 0.439 e. The highest BCUT2D eigenvalue weighted by Gasteiger charge is 2.28. The lowest BCUT2D eigenvalue weighted by molar-refractivity contribution is 0.0965. The fourth-order valence-electron chi connectivity index (χ4n) is 4.28. The molecule has 0 spiro atoms. The van der Waals surface area contributed by atoms with Gasteiger partial charge in [0.05, 0.1) is 23.0 Å². The zero-order valence-corrected chi connectivity index (χ0v) is 20.2. The van der Waals surface area contributed by atoms with Gasteiger partial charge >= 0.3 is 0 Å². The molecule has 0 unspecified atom stereocenters. The van der Waals surface area contributed by atoms with E-state index < -0.39 is 0 Å². The van der Waals surface area contributed by atoms with Crippen molar-refractivity contribution in [1.29, 1.82) is 0 Å². The molecule has 0 bridgehead atoms. The second-order valence-corrected chi connectivity index (χ2v) is 9.47. The molecule has 1 fully saturated rings. The Morgan fingerprint density at radius 2 is 1.91 bits per heavy atom. The highest BCUT2D eigenvalue weighted by molar-refractivity contribution is 5.43. The summed E-state index contributed by atoms with van der Waals surface area (Å²) in [5.74, 6) is 2.31. The molecule has 0 saturated heterocycles. The highest BCUT2D eigenvalue weighted by atomic mass is 16.5. The van der Waals surface area contributed by atoms with Crippen molar-refractivity contribution in [3.05, 3.63) is 71.4 Å². The summed E-state index contributed by atoms with van der Waals surface area (Å²) < 4.78 is 8.41. The van der Waals surface area contributed by atoms with E-state index in [4.69, 9.17) is 9.84 Å². The number of rotatable bonds is 12. The molecule has 5 nitrogen and oxygen atoms in total. The number of aliphatic hydroxyl groups excluding tert-OH is 1. The monoisotopic (exact) mass is 447 g/mol. The molecule has 4 rings (SSSR count). The smallest absolute Gasteiger partial charge is 0.227 e. The summed E-state index contributed by atoms with van der Waals surface area (Å²) in [5, 5.41) is 15.5. The van der Waals surface area contributed by atoms with E-state index in [1.54, 1.807) is 0 Å². The Balaban J connectivity index is 1.65. The molecule has 2 aromatic carbocycles. The van der Waals surface area contributed by atoms with Crippen LogP contribution in [-0.2, 0) is 6.54 Å². The Hall–Kier alpha value is -2.63. The van der Waals surface area contributed by atoms with Crippen molar-refractivity contribution in [3.63, 3.8) is 0 Å². The van der Waals surface area contributed by atoms with Crippen LogP contribution in [0.5, 0.6) is 11.6 Å². The van der Waals surface area contributed by atoms with Crippen LogP contribution in [0.3, 0.4) is 0 Å². The first-order chi connectivity index (χ1) is 16.0. The molecule has 1 atom stereocenters. The third-order valence-electron chi connectivity index (χ3n) is 6.30. The summed E-state index contributed by atoms with van der Waals surface area (Å²) in [5.41, 5.74) is 4.19. The topological polar surface area (TPSA) is 50.5 Å². The quantitative estimate of drug-likeness (QED) is 0.367. The Bertz CT molecular complexity index is 1030. The summed E-state index contributed by atoms with van der Waals surface area (Å²) in [6.07, 6.45) is 5.30. The molecule has 176 valence electrons. The van der Waals surface area contributed by atoms with Crippen LogP contribution in [-0.4, -0.2) is 39.0 Å². The van der Waals surface area contributed by atoms with Crippen molar-refractivity contribution in [2.24, 2.45) is 5.92 Å². The van der Waals surface area contributed by atoms with Gasteiger partial charge in [-0.1, -0.05) is 50.1 Å². The van der Waals surface area contributed by atoms with Crippen molar-refractivity contribution < 1.29 is 9.84 Å². The maximum absolute atomic E-state index is 10.7. The number of aliphatic hydroxyl groups is 1. The summed E-state index contributed by atoms with van der Waals surface area (Å²) in [7, 11) is 0. The summed E-state index contributed by atoms with van der Waals surface area (Å²) in [6.45, 7) is 8.73. The summed E-state index contributed by atoms with van der Waals surface area (Å²) in [4.78, 5) is 2.40. The normalized spacial score (nSPS) is 14.6. The van der Waals surface area contributed by atoms with E-state index in [-0.39, 0.29) is 6.10 Å². The first-order valence-electron chi connectivity index (χ1n) is 12.3. The van der Waals surface area contributed by atoms with Crippen molar-refractivity contribution >= 4 is 0 Å². The molecule has 33 heavy (non-hydrogen) atoms. The lowest BCUT2D eigenvalue weighted by Gasteiger charge is -2.25. The van der Waals surface area contributed by atoms with Crippen LogP contribution in [0, 0.1) is 19.8 Å². The maximum Gasteiger partial charge on any atom is 0.227 e. The molecule has 0 aliphatic heterocycles. The molecule has 1 aliphatic carbocycles. The average molecular weight is 448 g/mol. The Labute approximate surface area is 198 Å². The van der Waals surface area contributed by atoms with E-state index >= 15 is 0 Å². The molecule has 1 saturated carbocycles. The van der Waals surface area contributed by atoms with Gasteiger partial charge < -0.3 is 9.84 Å². The molecule has 5 heteroatoms. The Morgan fingerprint density at radius 3 is 2.61 bits per heavy atom. The van der Waals surface area contributed by atoms with Crippen molar-refractivity contribution in [2.45, 2.75) is 65.5 Å². The van der Waals surface area contributed by atoms with Gasteiger partial charge in [0.2, 0.25) is 5.88 Å². The standard InChI is InChI=1S/C28H37N3O2/c1-4-5-13-25(32)19-30(18-23-15-16-23)20-27-22(3)29-31(24-11-7-6-8-12-24)28(27)33-26-14-9-10-21(2)17-26/h6-12,14,17,23,25,32H,4-5,13,15-16,18-20H2,1-3H3/t25-/m0/s1. The summed E-state index contributed by atoms with van der Waals surface area (Å²) in [6, 6.07) is 18.3. The fourth-order valence-corrected chi connectivity index (χ4v) is 4.28. The number of unbranched alkanes of at least 4 members (excludes halogenated alkanes) is 1. The molecule has 1 aliphatic rings. The van der Waals surface area contributed by atoms with Crippen molar-refractivity contribution in [1.82, 2.24) is 14.7 Å². The molecular formula is C28H37N3O2. The van der Waals surface area contributed by atoms with Crippen molar-refractivity contribution in [2.75, 3.05) is 13.1 Å². The van der Waals surface area contributed by atoms with E-state index in [1.807, 2.05) is 35.0 Å². The molecule has 1 heterocycles. The zero-order valence-electron chi connectivity index (χ0n) is 20.2. The first-order valence-corrected chi connectivity index (χ1v) is 12.3. The molecule has 1 aromatic heterocycles. The number of hydrogen-bond donors (Lipinski definition) is 1. The second-order valence-electron chi connectivity index (χ2n) is 9.47. The van der Waals surface area contributed by atoms with Gasteiger partial charge in [0.1, 0.15) is 5.75 Å². The minimum absolute atomic E-state index is 0.297. The maximum atomic E-state index is 10.7. The number of nitrogens with zero attached hydrogens (tertiary/aromatic N) is 3. The lowest BCUT2D eigenvalue weighted by atomic mass is 10.1. The van der Waals surface area contributed by atoms with E-state index in [1.165, 1.54) is 12.8 Å². The van der Waals surface area contributed by atoms with E-state index in [0.29, 0.717) is 6.54 Å². The Kier molecular flexibility index (Phi) is 7.84. The molecule has 0 radical (unpaired) electrons. The zero-order chi connectivity index (χ0) is 23.2. The first kappa shape index (κ1) is 23.5. The van der Waals surface area contributed by atoms with Crippen LogP contribution in [0.1, 0.15) is 55.8 Å². The van der Waals surface area contributed by atoms with Gasteiger partial charge in [-0.2, -0.15) is 5.10 Å². The molecular weight excluding hydrogens is 410 g/mol. The van der Waals surface area contributed by atoms with E-state index in [0.717, 1.165) is 72.4 Å². The number of ether oxygens (including phenoxy) is 1. The van der Waals surface area contributed by atoms with Gasteiger partial charge in [-0.15, -0.1) is 0 Å². The minimum atomic E-state index is -0.297. The third-order valence-corrected chi connectivity index (χ3v) is 6.30. The number of aryl methyl sites for hydroxylation is 2. The van der Waals surface area contributed by atoms with Gasteiger partial charge in [0.25, 0.3) is 0 Å². The predicted molar refractivity (Wildman–Crippen MR) is 133 cm³/mol. The van der Waals surface area contributed by atoms with E-state index in [9.17, 15) is 5.11 Å². The van der Waals surface area contributed by atoms with Crippen molar-refractivity contribution in [3.8, 4) is 17.3 Å². The number of para-hydroxylation sites is 1. The minimum Gasteiger partial charge on any atom is -0.439 e. The number of hydrogen-bond acceptors (Lipinski definition) is 4. The number of benzene rings is 2. The van der Waals surface area contributed by atoms with Crippen LogP contribution < -0.4 is 4.74 Å². The van der Waals surface area contributed by atoms with Crippen LogP contribution in [0.25, 0.3) is 5.69 Å². The van der Waals surface area contributed by atoms with Gasteiger partial charge in [-0.05, 0) is 68.9 Å². The van der Waals surface area contributed by atoms with Gasteiger partial charge in [-0.3, -0.25) is 4.90 Å². The third kappa shape index (κ3) is 6.46. The Morgan fingerprint density at radius 1 is 1.12 bits per heavy atom. The van der Waals surface area contributed by atoms with Crippen LogP contribution in [0.15, 0.2) is 54.6 Å². The highest BCUT2D eigenvalue weighted by Crippen LogP contribution is 2.34. The van der Waals surface area contributed by atoms with E-state index in [2.05, 4.69) is 49.9 Å². The second kappa shape index (κ2) is 11.0. The van der Waals surface area contributed by atoms with Gasteiger partial charge in [0.15, 0.2) is 0 Å². The van der Waals surface area contributed by atoms with Crippen LogP contribution >= 0.6 is 0 Å². The van der Waals surface area contributed by atoms with Gasteiger partial charge in [-0.25, -0.2) is 4.68 Å². The molecule has 1 N–H and O–H groups in total. The summed E-state index contributed by atoms with van der Waals surface area (Å²) >= 11 is 0. The average Bonchev–Trinajstić information content (AvgIpc) is 3.57. The van der Waals surface area contributed by atoms with Gasteiger partial charge in [0, 0.05) is 19.6 Å². The lowest BCUT2D eigenvalue weighted by Crippen LogP contribution is -2.34. The number of aromatic nitrogens is 2. The molecule has 3 aromatic rings. The van der Waals surface area contributed by atoms with Crippen LogP contribution in [0.2, 0.25) is 0 Å².